The van der Waals surface area contributed by atoms with Gasteiger partial charge in [-0.1, -0.05) is 51.6 Å². The summed E-state index contributed by atoms with van der Waals surface area (Å²) in [6.07, 6.45) is 9.51. The lowest BCUT2D eigenvalue weighted by Crippen LogP contribution is -2.37. The van der Waals surface area contributed by atoms with Gasteiger partial charge in [0.05, 0.1) is 13.0 Å². The Labute approximate surface area is 157 Å². The van der Waals surface area contributed by atoms with Crippen molar-refractivity contribution in [2.45, 2.75) is 91.0 Å². The van der Waals surface area contributed by atoms with Crippen molar-refractivity contribution in [1.29, 1.82) is 0 Å². The monoisotopic (exact) mass is 365 g/mol. The summed E-state index contributed by atoms with van der Waals surface area (Å²) in [4.78, 5) is 15.7. The molecule has 1 fully saturated rings. The summed E-state index contributed by atoms with van der Waals surface area (Å²) in [6, 6.07) is 0. The molecule has 148 valence electrons. The Morgan fingerprint density at radius 2 is 2.00 bits per heavy atom. The molecule has 0 bridgehead atoms. The minimum Gasteiger partial charge on any atom is -0.481 e. The molecule has 26 heavy (non-hydrogen) atoms. The fraction of sp³-hybridized carbons (Fsp3) is 0.850. The van der Waals surface area contributed by atoms with Gasteiger partial charge in [0, 0.05) is 5.92 Å². The van der Waals surface area contributed by atoms with E-state index in [9.17, 15) is 9.90 Å². The SMILES string of the molecule is CNCc1noc([C@H](CCCC2(C(C)(C)C)CCCCC2)CC(=O)O)n1. The zero-order valence-corrected chi connectivity index (χ0v) is 16.8. The van der Waals surface area contributed by atoms with E-state index in [0.717, 1.165) is 19.3 Å². The van der Waals surface area contributed by atoms with Crippen LogP contribution in [0.2, 0.25) is 0 Å². The number of carboxylic acids is 1. The van der Waals surface area contributed by atoms with E-state index in [4.69, 9.17) is 4.52 Å². The van der Waals surface area contributed by atoms with Gasteiger partial charge in [0.15, 0.2) is 5.82 Å². The lowest BCUT2D eigenvalue weighted by atomic mass is 9.57. The van der Waals surface area contributed by atoms with Gasteiger partial charge in [-0.15, -0.1) is 0 Å². The number of carboxylic acid groups (broad SMARTS) is 1. The van der Waals surface area contributed by atoms with Crippen molar-refractivity contribution in [3.05, 3.63) is 11.7 Å². The van der Waals surface area contributed by atoms with Crippen molar-refractivity contribution in [3.8, 4) is 0 Å². The highest BCUT2D eigenvalue weighted by molar-refractivity contribution is 5.67. The van der Waals surface area contributed by atoms with E-state index in [1.807, 2.05) is 7.05 Å². The van der Waals surface area contributed by atoms with E-state index >= 15 is 0 Å². The summed E-state index contributed by atoms with van der Waals surface area (Å²) in [6.45, 7) is 7.59. The summed E-state index contributed by atoms with van der Waals surface area (Å²) < 4.78 is 5.35. The molecule has 0 unspecified atom stereocenters. The highest BCUT2D eigenvalue weighted by atomic mass is 16.5. The highest BCUT2D eigenvalue weighted by Crippen LogP contribution is 2.53. The van der Waals surface area contributed by atoms with Gasteiger partial charge >= 0.3 is 5.97 Å². The molecule has 1 aliphatic rings. The van der Waals surface area contributed by atoms with Crippen molar-refractivity contribution in [1.82, 2.24) is 15.5 Å². The fourth-order valence-corrected chi connectivity index (χ4v) is 4.48. The highest BCUT2D eigenvalue weighted by Gasteiger charge is 2.41. The number of nitrogens with zero attached hydrogens (tertiary/aromatic N) is 2. The van der Waals surface area contributed by atoms with Gasteiger partial charge in [0.2, 0.25) is 5.89 Å². The number of aromatic nitrogens is 2. The quantitative estimate of drug-likeness (QED) is 0.669. The van der Waals surface area contributed by atoms with Crippen molar-refractivity contribution < 1.29 is 14.4 Å². The van der Waals surface area contributed by atoms with E-state index in [1.54, 1.807) is 0 Å². The summed E-state index contributed by atoms with van der Waals surface area (Å²) in [5, 5.41) is 16.2. The van der Waals surface area contributed by atoms with Gasteiger partial charge < -0.3 is 14.9 Å². The number of hydrogen-bond donors (Lipinski definition) is 2. The van der Waals surface area contributed by atoms with Gasteiger partial charge in [-0.2, -0.15) is 4.98 Å². The summed E-state index contributed by atoms with van der Waals surface area (Å²) in [5.41, 5.74) is 0.644. The Morgan fingerprint density at radius 1 is 1.31 bits per heavy atom. The number of aliphatic carboxylic acids is 1. The molecule has 1 aliphatic carbocycles. The van der Waals surface area contributed by atoms with Crippen LogP contribution < -0.4 is 5.32 Å². The minimum atomic E-state index is -0.813. The van der Waals surface area contributed by atoms with Crippen LogP contribution >= 0.6 is 0 Å². The normalized spacial score (nSPS) is 18.6. The maximum absolute atomic E-state index is 11.3. The maximum Gasteiger partial charge on any atom is 0.304 e. The van der Waals surface area contributed by atoms with E-state index in [0.29, 0.717) is 23.7 Å². The number of carbonyl (C=O) groups is 1. The van der Waals surface area contributed by atoms with Crippen LogP contribution in [0.15, 0.2) is 4.52 Å². The zero-order chi connectivity index (χ0) is 19.2. The Balaban J connectivity index is 2.02. The van der Waals surface area contributed by atoms with Crippen molar-refractivity contribution >= 4 is 5.97 Å². The van der Waals surface area contributed by atoms with Gasteiger partial charge in [-0.05, 0) is 43.6 Å². The molecular formula is C20H35N3O3. The van der Waals surface area contributed by atoms with E-state index in [-0.39, 0.29) is 17.8 Å². The minimum absolute atomic E-state index is 0.0453. The summed E-state index contributed by atoms with van der Waals surface area (Å²) in [5.74, 6) is 0.0280. The largest absolute Gasteiger partial charge is 0.481 e. The molecule has 2 rings (SSSR count). The van der Waals surface area contributed by atoms with E-state index in [2.05, 4.69) is 36.2 Å². The van der Waals surface area contributed by atoms with Crippen LogP contribution in [-0.2, 0) is 11.3 Å². The summed E-state index contributed by atoms with van der Waals surface area (Å²) >= 11 is 0. The second-order valence-electron chi connectivity index (χ2n) is 8.86. The third kappa shape index (κ3) is 5.29. The molecule has 0 aliphatic heterocycles. The van der Waals surface area contributed by atoms with Crippen LogP contribution in [0.4, 0.5) is 0 Å². The molecule has 1 atom stereocenters. The van der Waals surface area contributed by atoms with Gasteiger partial charge in [0.25, 0.3) is 0 Å². The van der Waals surface area contributed by atoms with Gasteiger partial charge in [-0.3, -0.25) is 4.79 Å². The average molecular weight is 366 g/mol. The molecule has 1 aromatic rings. The second-order valence-corrected chi connectivity index (χ2v) is 8.86. The first kappa shape index (κ1) is 20.9. The molecule has 0 saturated heterocycles. The molecule has 6 heteroatoms. The van der Waals surface area contributed by atoms with Crippen LogP contribution in [0.3, 0.4) is 0 Å². The molecule has 0 amide bonds. The smallest absolute Gasteiger partial charge is 0.304 e. The zero-order valence-electron chi connectivity index (χ0n) is 16.8. The van der Waals surface area contributed by atoms with Crippen molar-refractivity contribution in [2.24, 2.45) is 10.8 Å². The van der Waals surface area contributed by atoms with E-state index in [1.165, 1.54) is 32.1 Å². The molecule has 1 aromatic heterocycles. The Bertz CT molecular complexity index is 571. The van der Waals surface area contributed by atoms with Gasteiger partial charge in [0.1, 0.15) is 0 Å². The lowest BCUT2D eigenvalue weighted by Gasteiger charge is -2.48. The third-order valence-corrected chi connectivity index (χ3v) is 6.20. The van der Waals surface area contributed by atoms with Crippen LogP contribution in [0.5, 0.6) is 0 Å². The second kappa shape index (κ2) is 8.98. The molecule has 0 spiro atoms. The Kier molecular flexibility index (Phi) is 7.21. The molecule has 2 N–H and O–H groups in total. The van der Waals surface area contributed by atoms with Crippen LogP contribution in [0.1, 0.15) is 96.2 Å². The van der Waals surface area contributed by atoms with Crippen molar-refractivity contribution in [3.63, 3.8) is 0 Å². The van der Waals surface area contributed by atoms with Crippen molar-refractivity contribution in [2.75, 3.05) is 7.05 Å². The number of nitrogens with one attached hydrogen (secondary N) is 1. The van der Waals surface area contributed by atoms with Crippen LogP contribution in [0.25, 0.3) is 0 Å². The molecule has 1 heterocycles. The summed E-state index contributed by atoms with van der Waals surface area (Å²) in [7, 11) is 1.82. The molecule has 0 aromatic carbocycles. The number of rotatable bonds is 9. The topological polar surface area (TPSA) is 88.2 Å². The molecule has 0 radical (unpaired) electrons. The average Bonchev–Trinajstić information content (AvgIpc) is 3.02. The first-order valence-electron chi connectivity index (χ1n) is 9.96. The number of hydrogen-bond acceptors (Lipinski definition) is 5. The van der Waals surface area contributed by atoms with Crippen LogP contribution in [-0.4, -0.2) is 28.3 Å². The first-order chi connectivity index (χ1) is 12.3. The fourth-order valence-electron chi connectivity index (χ4n) is 4.48. The Hall–Kier alpha value is -1.43. The third-order valence-electron chi connectivity index (χ3n) is 6.20. The molecular weight excluding hydrogens is 330 g/mol. The maximum atomic E-state index is 11.3. The van der Waals surface area contributed by atoms with Crippen LogP contribution in [0, 0.1) is 10.8 Å². The predicted molar refractivity (Wildman–Crippen MR) is 101 cm³/mol. The van der Waals surface area contributed by atoms with Gasteiger partial charge in [-0.25, -0.2) is 0 Å². The Morgan fingerprint density at radius 3 is 2.58 bits per heavy atom. The lowest BCUT2D eigenvalue weighted by molar-refractivity contribution is -0.137. The molecule has 1 saturated carbocycles. The van der Waals surface area contributed by atoms with E-state index < -0.39 is 5.97 Å². The molecule has 6 nitrogen and oxygen atoms in total. The predicted octanol–water partition coefficient (Wildman–Crippen LogP) is 4.51. The standard InChI is InChI=1S/C20H35N3O3/c1-19(2,3)20(10-6-5-7-11-20)12-8-9-15(13-17(24)25)18-22-16(14-21-4)23-26-18/h15,21H,5-14H2,1-4H3,(H,24,25)/t15-/m1/s1. The first-order valence-corrected chi connectivity index (χ1v) is 9.96.